The number of nitrogens with one attached hydrogen (secondary N) is 2. The molecule has 5 heteroatoms. The Balaban J connectivity index is 1.36. The summed E-state index contributed by atoms with van der Waals surface area (Å²) < 4.78 is 11.1. The molecular weight excluding hydrogens is 338 g/mol. The molecule has 1 heterocycles. The molecule has 3 rings (SSSR count). The summed E-state index contributed by atoms with van der Waals surface area (Å²) in [6.45, 7) is 6.40. The van der Waals surface area contributed by atoms with Gasteiger partial charge in [0.25, 0.3) is 0 Å². The van der Waals surface area contributed by atoms with Crippen LogP contribution in [0.4, 0.5) is 0 Å². The van der Waals surface area contributed by atoms with Crippen molar-refractivity contribution in [1.29, 1.82) is 0 Å². The topological polar surface area (TPSA) is 54.9 Å². The molecule has 2 atom stereocenters. The molecular formula is C22H35N3O2. The lowest BCUT2D eigenvalue weighted by molar-refractivity contribution is 0.0888. The lowest BCUT2D eigenvalue weighted by Gasteiger charge is -2.21. The molecule has 1 saturated heterocycles. The highest BCUT2D eigenvalue weighted by Crippen LogP contribution is 2.24. The van der Waals surface area contributed by atoms with Crippen LogP contribution in [0.2, 0.25) is 0 Å². The maximum atomic E-state index is 5.76. The number of hydrogen-bond donors (Lipinski definition) is 2. The van der Waals surface area contributed by atoms with Gasteiger partial charge in [-0.2, -0.15) is 0 Å². The normalized spacial score (nSPS) is 21.0. The molecule has 150 valence electrons. The number of guanidine groups is 1. The average Bonchev–Trinajstić information content (AvgIpc) is 3.22. The van der Waals surface area contributed by atoms with Gasteiger partial charge in [0.05, 0.1) is 19.3 Å². The summed E-state index contributed by atoms with van der Waals surface area (Å²) >= 11 is 0. The molecule has 27 heavy (non-hydrogen) atoms. The van der Waals surface area contributed by atoms with Crippen LogP contribution in [0.1, 0.15) is 55.3 Å². The summed E-state index contributed by atoms with van der Waals surface area (Å²) in [6, 6.07) is 7.18. The fourth-order valence-corrected chi connectivity index (χ4v) is 3.85. The molecule has 1 aromatic rings. The SMILES string of the molecule is CN=C(NCCCOCC1CCOC1)NC(C)c1ccc2c(c1)CCCC2. The fraction of sp³-hybridized carbons (Fsp3) is 0.682. The summed E-state index contributed by atoms with van der Waals surface area (Å²) in [5, 5.41) is 6.90. The first-order valence-electron chi connectivity index (χ1n) is 10.5. The van der Waals surface area contributed by atoms with E-state index in [0.717, 1.165) is 51.8 Å². The number of aliphatic imine (C=N–C) groups is 1. The molecule has 1 aliphatic carbocycles. The maximum Gasteiger partial charge on any atom is 0.191 e. The third-order valence-corrected chi connectivity index (χ3v) is 5.58. The standard InChI is InChI=1S/C22H35N3O2/c1-17(20-9-8-19-6-3-4-7-21(19)14-20)25-22(23-2)24-11-5-12-26-15-18-10-13-27-16-18/h8-9,14,17-18H,3-7,10-13,15-16H2,1-2H3,(H2,23,24,25). The van der Waals surface area contributed by atoms with Crippen molar-refractivity contribution in [3.8, 4) is 0 Å². The van der Waals surface area contributed by atoms with Gasteiger partial charge in [-0.05, 0) is 62.1 Å². The van der Waals surface area contributed by atoms with Crippen molar-refractivity contribution in [2.45, 2.75) is 51.5 Å². The minimum Gasteiger partial charge on any atom is -0.381 e. The van der Waals surface area contributed by atoms with Gasteiger partial charge in [0.2, 0.25) is 0 Å². The van der Waals surface area contributed by atoms with Crippen LogP contribution >= 0.6 is 0 Å². The quantitative estimate of drug-likeness (QED) is 0.417. The summed E-state index contributed by atoms with van der Waals surface area (Å²) in [7, 11) is 1.82. The van der Waals surface area contributed by atoms with Gasteiger partial charge in [0, 0.05) is 32.7 Å². The number of rotatable bonds is 8. The number of fused-ring (bicyclic) bond motifs is 1. The lowest BCUT2D eigenvalue weighted by atomic mass is 9.89. The average molecular weight is 374 g/mol. The first-order chi connectivity index (χ1) is 13.3. The minimum absolute atomic E-state index is 0.238. The Labute approximate surface area is 163 Å². The van der Waals surface area contributed by atoms with E-state index in [4.69, 9.17) is 9.47 Å². The second-order valence-corrected chi connectivity index (χ2v) is 7.76. The minimum atomic E-state index is 0.238. The van der Waals surface area contributed by atoms with Crippen molar-refractivity contribution in [2.24, 2.45) is 10.9 Å². The molecule has 1 aromatic carbocycles. The molecule has 0 radical (unpaired) electrons. The van der Waals surface area contributed by atoms with Gasteiger partial charge in [-0.3, -0.25) is 4.99 Å². The molecule has 2 unspecified atom stereocenters. The van der Waals surface area contributed by atoms with Gasteiger partial charge < -0.3 is 20.1 Å². The van der Waals surface area contributed by atoms with Gasteiger partial charge in [0.1, 0.15) is 0 Å². The predicted octanol–water partition coefficient (Wildman–Crippen LogP) is 3.23. The second-order valence-electron chi connectivity index (χ2n) is 7.76. The highest BCUT2D eigenvalue weighted by Gasteiger charge is 2.15. The van der Waals surface area contributed by atoms with Crippen LogP contribution in [-0.4, -0.2) is 46.0 Å². The van der Waals surface area contributed by atoms with E-state index < -0.39 is 0 Å². The third kappa shape index (κ3) is 6.22. The molecule has 0 amide bonds. The van der Waals surface area contributed by atoms with Gasteiger partial charge in [-0.15, -0.1) is 0 Å². The number of nitrogens with zero attached hydrogens (tertiary/aromatic N) is 1. The van der Waals surface area contributed by atoms with E-state index in [1.165, 1.54) is 42.4 Å². The summed E-state index contributed by atoms with van der Waals surface area (Å²) in [5.74, 6) is 1.44. The van der Waals surface area contributed by atoms with Crippen molar-refractivity contribution in [3.63, 3.8) is 0 Å². The second kappa shape index (κ2) is 10.7. The van der Waals surface area contributed by atoms with Gasteiger partial charge in [-0.25, -0.2) is 0 Å². The largest absolute Gasteiger partial charge is 0.381 e. The Bertz CT molecular complexity index is 612. The first kappa shape index (κ1) is 20.2. The highest BCUT2D eigenvalue weighted by atomic mass is 16.5. The third-order valence-electron chi connectivity index (χ3n) is 5.58. The number of hydrogen-bond acceptors (Lipinski definition) is 3. The fourth-order valence-electron chi connectivity index (χ4n) is 3.85. The van der Waals surface area contributed by atoms with Crippen LogP contribution in [0.25, 0.3) is 0 Å². The van der Waals surface area contributed by atoms with E-state index in [9.17, 15) is 0 Å². The Kier molecular flexibility index (Phi) is 7.96. The molecule has 1 fully saturated rings. The summed E-state index contributed by atoms with van der Waals surface area (Å²) in [4.78, 5) is 4.36. The van der Waals surface area contributed by atoms with Crippen LogP contribution in [0.5, 0.6) is 0 Å². The number of aryl methyl sites for hydroxylation is 2. The molecule has 1 aliphatic heterocycles. The van der Waals surface area contributed by atoms with Crippen LogP contribution in [0, 0.1) is 5.92 Å². The first-order valence-corrected chi connectivity index (χ1v) is 10.5. The van der Waals surface area contributed by atoms with E-state index in [1.807, 2.05) is 7.05 Å². The maximum absolute atomic E-state index is 5.76. The highest BCUT2D eigenvalue weighted by molar-refractivity contribution is 5.80. The van der Waals surface area contributed by atoms with Crippen molar-refractivity contribution < 1.29 is 9.47 Å². The smallest absolute Gasteiger partial charge is 0.191 e. The number of benzene rings is 1. The lowest BCUT2D eigenvalue weighted by Crippen LogP contribution is -2.39. The van der Waals surface area contributed by atoms with Crippen molar-refractivity contribution in [3.05, 3.63) is 34.9 Å². The molecule has 5 nitrogen and oxygen atoms in total. The van der Waals surface area contributed by atoms with E-state index in [-0.39, 0.29) is 6.04 Å². The Morgan fingerprint density at radius 2 is 2.15 bits per heavy atom. The van der Waals surface area contributed by atoms with Crippen molar-refractivity contribution in [2.75, 3.05) is 40.0 Å². The molecule has 0 aromatic heterocycles. The molecule has 0 bridgehead atoms. The van der Waals surface area contributed by atoms with Crippen LogP contribution in [-0.2, 0) is 22.3 Å². The zero-order valence-corrected chi connectivity index (χ0v) is 16.9. The summed E-state index contributed by atoms with van der Waals surface area (Å²) in [5.41, 5.74) is 4.39. The van der Waals surface area contributed by atoms with E-state index >= 15 is 0 Å². The molecule has 2 aliphatic rings. The Morgan fingerprint density at radius 3 is 2.93 bits per heavy atom. The van der Waals surface area contributed by atoms with E-state index in [1.54, 1.807) is 0 Å². The van der Waals surface area contributed by atoms with Crippen LogP contribution < -0.4 is 10.6 Å². The predicted molar refractivity (Wildman–Crippen MR) is 110 cm³/mol. The Hall–Kier alpha value is -1.59. The zero-order chi connectivity index (χ0) is 18.9. The molecule has 0 spiro atoms. The Morgan fingerprint density at radius 1 is 1.30 bits per heavy atom. The van der Waals surface area contributed by atoms with Gasteiger partial charge in [0.15, 0.2) is 5.96 Å². The van der Waals surface area contributed by atoms with E-state index in [2.05, 4.69) is 40.7 Å². The van der Waals surface area contributed by atoms with Gasteiger partial charge in [-0.1, -0.05) is 18.2 Å². The van der Waals surface area contributed by atoms with Crippen LogP contribution in [0.15, 0.2) is 23.2 Å². The zero-order valence-electron chi connectivity index (χ0n) is 16.9. The van der Waals surface area contributed by atoms with Crippen molar-refractivity contribution in [1.82, 2.24) is 10.6 Å². The van der Waals surface area contributed by atoms with Crippen molar-refractivity contribution >= 4 is 5.96 Å². The monoisotopic (exact) mass is 373 g/mol. The van der Waals surface area contributed by atoms with Crippen LogP contribution in [0.3, 0.4) is 0 Å². The van der Waals surface area contributed by atoms with Gasteiger partial charge >= 0.3 is 0 Å². The molecule has 0 saturated carbocycles. The summed E-state index contributed by atoms with van der Waals surface area (Å²) in [6.07, 6.45) is 7.20. The molecule has 2 N–H and O–H groups in total. The number of ether oxygens (including phenoxy) is 2. The van der Waals surface area contributed by atoms with E-state index in [0.29, 0.717) is 5.92 Å².